The summed E-state index contributed by atoms with van der Waals surface area (Å²) >= 11 is 0. The zero-order valence-corrected chi connectivity index (χ0v) is 9.68. The first kappa shape index (κ1) is 12.2. The number of aliphatic carboxylic acids is 1. The summed E-state index contributed by atoms with van der Waals surface area (Å²) in [5, 5.41) is 19.5. The number of hydrogen-bond acceptors (Lipinski definition) is 6. The molecule has 0 radical (unpaired) electrons. The number of aromatic nitrogens is 2. The minimum atomic E-state index is -0.841. The van der Waals surface area contributed by atoms with Crippen molar-refractivity contribution in [1.29, 1.82) is 0 Å². The maximum absolute atomic E-state index is 11.0. The highest BCUT2D eigenvalue weighted by Crippen LogP contribution is 2.26. The number of rotatable bonds is 3. The summed E-state index contributed by atoms with van der Waals surface area (Å²) in [6.07, 6.45) is 2.25. The van der Waals surface area contributed by atoms with Crippen molar-refractivity contribution < 1.29 is 14.8 Å². The molecule has 1 saturated heterocycles. The SMILES string of the molecule is C[C@@H]1CN(c2ncc([N+](=O)[O-])cn2)C[C@H]1C(=O)O. The number of nitro groups is 1. The lowest BCUT2D eigenvalue weighted by Crippen LogP contribution is -2.24. The molecule has 0 spiro atoms. The maximum atomic E-state index is 11.0. The largest absolute Gasteiger partial charge is 0.481 e. The van der Waals surface area contributed by atoms with Gasteiger partial charge in [-0.3, -0.25) is 14.9 Å². The van der Waals surface area contributed by atoms with Crippen LogP contribution in [0.1, 0.15) is 6.92 Å². The highest BCUT2D eigenvalue weighted by molar-refractivity contribution is 5.72. The molecule has 2 heterocycles. The fraction of sp³-hybridized carbons (Fsp3) is 0.500. The molecule has 96 valence electrons. The standard InChI is InChI=1S/C10H12N4O4/c1-6-4-13(5-8(6)9(15)16)10-11-2-7(3-12-10)14(17)18/h2-3,6,8H,4-5H2,1H3,(H,15,16)/t6-,8-/m1/s1. The molecule has 2 atom stereocenters. The van der Waals surface area contributed by atoms with Crippen LogP contribution in [0.2, 0.25) is 0 Å². The third-order valence-corrected chi connectivity index (χ3v) is 3.05. The van der Waals surface area contributed by atoms with Crippen LogP contribution in [0.25, 0.3) is 0 Å². The van der Waals surface area contributed by atoms with Gasteiger partial charge in [-0.15, -0.1) is 0 Å². The molecule has 0 aliphatic carbocycles. The minimum Gasteiger partial charge on any atom is -0.481 e. The molecule has 0 aromatic carbocycles. The van der Waals surface area contributed by atoms with Gasteiger partial charge < -0.3 is 10.0 Å². The third-order valence-electron chi connectivity index (χ3n) is 3.05. The van der Waals surface area contributed by atoms with Crippen LogP contribution >= 0.6 is 0 Å². The van der Waals surface area contributed by atoms with Crippen molar-refractivity contribution in [1.82, 2.24) is 9.97 Å². The highest BCUT2D eigenvalue weighted by atomic mass is 16.6. The van der Waals surface area contributed by atoms with E-state index in [0.717, 1.165) is 12.4 Å². The Morgan fingerprint density at radius 3 is 2.56 bits per heavy atom. The molecule has 0 saturated carbocycles. The lowest BCUT2D eigenvalue weighted by molar-refractivity contribution is -0.385. The van der Waals surface area contributed by atoms with Crippen LogP contribution in [-0.4, -0.2) is 39.1 Å². The van der Waals surface area contributed by atoms with Crippen molar-refractivity contribution in [2.45, 2.75) is 6.92 Å². The molecule has 1 fully saturated rings. The van der Waals surface area contributed by atoms with E-state index in [1.165, 1.54) is 0 Å². The van der Waals surface area contributed by atoms with E-state index in [1.54, 1.807) is 4.90 Å². The predicted octanol–water partition coefficient (Wildman–Crippen LogP) is 0.542. The normalized spacial score (nSPS) is 23.1. The number of carboxylic acids is 1. The van der Waals surface area contributed by atoms with Gasteiger partial charge in [-0.1, -0.05) is 6.92 Å². The van der Waals surface area contributed by atoms with Gasteiger partial charge in [-0.2, -0.15) is 0 Å². The quantitative estimate of drug-likeness (QED) is 0.617. The van der Waals surface area contributed by atoms with Crippen molar-refractivity contribution in [3.05, 3.63) is 22.5 Å². The smallest absolute Gasteiger partial charge is 0.308 e. The maximum Gasteiger partial charge on any atom is 0.308 e. The first-order valence-electron chi connectivity index (χ1n) is 5.43. The summed E-state index contributed by atoms with van der Waals surface area (Å²) in [6.45, 7) is 2.72. The monoisotopic (exact) mass is 252 g/mol. The van der Waals surface area contributed by atoms with E-state index in [2.05, 4.69) is 9.97 Å². The molecule has 8 heteroatoms. The summed E-state index contributed by atoms with van der Waals surface area (Å²) < 4.78 is 0. The Morgan fingerprint density at radius 2 is 2.11 bits per heavy atom. The Labute approximate surface area is 102 Å². The number of carbonyl (C=O) groups is 1. The summed E-state index contributed by atoms with van der Waals surface area (Å²) in [6, 6.07) is 0. The van der Waals surface area contributed by atoms with E-state index in [-0.39, 0.29) is 11.6 Å². The fourth-order valence-corrected chi connectivity index (χ4v) is 2.02. The average Bonchev–Trinajstić information content (AvgIpc) is 2.71. The Morgan fingerprint density at radius 1 is 1.50 bits per heavy atom. The van der Waals surface area contributed by atoms with Crippen LogP contribution < -0.4 is 4.90 Å². The van der Waals surface area contributed by atoms with Crippen molar-refractivity contribution in [3.63, 3.8) is 0 Å². The van der Waals surface area contributed by atoms with E-state index in [1.807, 2.05) is 6.92 Å². The zero-order valence-electron chi connectivity index (χ0n) is 9.68. The van der Waals surface area contributed by atoms with Gasteiger partial charge >= 0.3 is 11.7 Å². The van der Waals surface area contributed by atoms with E-state index in [9.17, 15) is 14.9 Å². The highest BCUT2D eigenvalue weighted by Gasteiger charge is 2.35. The predicted molar refractivity (Wildman–Crippen MR) is 61.2 cm³/mol. The van der Waals surface area contributed by atoms with Crippen LogP contribution in [0.15, 0.2) is 12.4 Å². The summed E-state index contributed by atoms with van der Waals surface area (Å²) in [4.78, 5) is 30.4. The Bertz CT molecular complexity index is 475. The van der Waals surface area contributed by atoms with Gasteiger partial charge in [-0.25, -0.2) is 9.97 Å². The first-order valence-corrected chi connectivity index (χ1v) is 5.43. The average molecular weight is 252 g/mol. The van der Waals surface area contributed by atoms with Crippen molar-refractivity contribution in [3.8, 4) is 0 Å². The van der Waals surface area contributed by atoms with Crippen LogP contribution in [-0.2, 0) is 4.79 Å². The molecule has 1 aromatic rings. The number of hydrogen-bond donors (Lipinski definition) is 1. The van der Waals surface area contributed by atoms with E-state index < -0.39 is 16.8 Å². The van der Waals surface area contributed by atoms with E-state index in [4.69, 9.17) is 5.11 Å². The summed E-state index contributed by atoms with van der Waals surface area (Å²) in [5.41, 5.74) is -0.180. The zero-order chi connectivity index (χ0) is 13.3. The molecule has 0 amide bonds. The third kappa shape index (κ3) is 2.22. The summed E-state index contributed by atoms with van der Waals surface area (Å²) in [7, 11) is 0. The molecular weight excluding hydrogens is 240 g/mol. The van der Waals surface area contributed by atoms with Crippen molar-refractivity contribution in [2.24, 2.45) is 11.8 Å². The molecule has 8 nitrogen and oxygen atoms in total. The van der Waals surface area contributed by atoms with E-state index in [0.29, 0.717) is 19.0 Å². The molecule has 2 rings (SSSR count). The fourth-order valence-electron chi connectivity index (χ4n) is 2.02. The van der Waals surface area contributed by atoms with Gasteiger partial charge in [0.05, 0.1) is 10.8 Å². The number of anilines is 1. The van der Waals surface area contributed by atoms with Gasteiger partial charge in [0, 0.05) is 13.1 Å². The van der Waals surface area contributed by atoms with Crippen LogP contribution in [0.5, 0.6) is 0 Å². The van der Waals surface area contributed by atoms with E-state index >= 15 is 0 Å². The second-order valence-corrected chi connectivity index (χ2v) is 4.33. The number of carboxylic acid groups (broad SMARTS) is 1. The molecular formula is C10H12N4O4. The van der Waals surface area contributed by atoms with Gasteiger partial charge in [0.1, 0.15) is 12.4 Å². The molecule has 1 aromatic heterocycles. The molecule has 1 aliphatic rings. The summed E-state index contributed by atoms with van der Waals surface area (Å²) in [5.74, 6) is -0.965. The van der Waals surface area contributed by atoms with Crippen LogP contribution in [0, 0.1) is 22.0 Å². The Hall–Kier alpha value is -2.25. The first-order chi connectivity index (χ1) is 8.49. The lowest BCUT2D eigenvalue weighted by atomic mass is 9.99. The van der Waals surface area contributed by atoms with Gasteiger partial charge in [-0.05, 0) is 5.92 Å². The van der Waals surface area contributed by atoms with Crippen LogP contribution in [0.4, 0.5) is 11.6 Å². The van der Waals surface area contributed by atoms with Gasteiger partial charge in [0.25, 0.3) is 0 Å². The van der Waals surface area contributed by atoms with Gasteiger partial charge in [0.15, 0.2) is 0 Å². The van der Waals surface area contributed by atoms with Gasteiger partial charge in [0.2, 0.25) is 5.95 Å². The Balaban J connectivity index is 2.14. The van der Waals surface area contributed by atoms with Crippen molar-refractivity contribution in [2.75, 3.05) is 18.0 Å². The number of nitrogens with zero attached hydrogens (tertiary/aromatic N) is 4. The molecule has 1 N–H and O–H groups in total. The second-order valence-electron chi connectivity index (χ2n) is 4.33. The molecule has 1 aliphatic heterocycles. The lowest BCUT2D eigenvalue weighted by Gasteiger charge is -2.14. The van der Waals surface area contributed by atoms with Crippen molar-refractivity contribution >= 4 is 17.6 Å². The molecule has 0 unspecified atom stereocenters. The second kappa shape index (κ2) is 4.55. The molecule has 0 bridgehead atoms. The molecule has 18 heavy (non-hydrogen) atoms. The topological polar surface area (TPSA) is 109 Å². The minimum absolute atomic E-state index is 0.00120. The van der Waals surface area contributed by atoms with Crippen LogP contribution in [0.3, 0.4) is 0 Å². The Kier molecular flexibility index (Phi) is 3.09.